The predicted octanol–water partition coefficient (Wildman–Crippen LogP) is 3.78. The number of nitrogens with one attached hydrogen (secondary N) is 1. The summed E-state index contributed by atoms with van der Waals surface area (Å²) >= 11 is 13.2. The van der Waals surface area contributed by atoms with Crippen molar-refractivity contribution in [2.75, 3.05) is 0 Å². The molecule has 2 aromatic rings. The Hall–Kier alpha value is -1.10. The smallest absolute Gasteiger partial charge is 0.267 e. The highest BCUT2D eigenvalue weighted by atomic mass is 35.5. The summed E-state index contributed by atoms with van der Waals surface area (Å²) in [6.45, 7) is 0. The summed E-state index contributed by atoms with van der Waals surface area (Å²) in [5.74, 6) is 0. The van der Waals surface area contributed by atoms with E-state index in [9.17, 15) is 4.79 Å². The summed E-state index contributed by atoms with van der Waals surface area (Å²) in [6.07, 6.45) is 1.90. The van der Waals surface area contributed by atoms with Gasteiger partial charge in [0, 0.05) is 13.1 Å². The normalized spacial score (nSPS) is 11.3. The van der Waals surface area contributed by atoms with Crippen LogP contribution in [-0.4, -0.2) is 9.78 Å². The zero-order chi connectivity index (χ0) is 13.1. The van der Waals surface area contributed by atoms with Crippen LogP contribution < -0.4 is 5.56 Å². The molecule has 0 saturated carbocycles. The minimum absolute atomic E-state index is 0.0552. The molecule has 0 bridgehead atoms. The van der Waals surface area contributed by atoms with Crippen LogP contribution in [0.2, 0.25) is 10.0 Å². The Balaban J connectivity index is 2.07. The maximum atomic E-state index is 11.2. The van der Waals surface area contributed by atoms with Gasteiger partial charge in [-0.3, -0.25) is 14.6 Å². The number of aromatic amines is 1. The molecule has 6 heteroatoms. The Morgan fingerprint density at radius 2 is 2.06 bits per heavy atom. The number of H-pyrrole nitrogens is 1. The SMILES string of the molecule is Cn1[nH]c(SC=Cc2ccc(Cl)c(Cl)c2)cc1=O. The second-order valence-corrected chi connectivity index (χ2v) is 5.37. The van der Waals surface area contributed by atoms with E-state index >= 15 is 0 Å². The highest BCUT2D eigenvalue weighted by Gasteiger charge is 1.99. The van der Waals surface area contributed by atoms with Gasteiger partial charge in [-0.1, -0.05) is 41.0 Å². The van der Waals surface area contributed by atoms with Gasteiger partial charge in [-0.25, -0.2) is 0 Å². The highest BCUT2D eigenvalue weighted by molar-refractivity contribution is 8.02. The lowest BCUT2D eigenvalue weighted by molar-refractivity contribution is 0.716. The zero-order valence-corrected chi connectivity index (χ0v) is 11.8. The summed E-state index contributed by atoms with van der Waals surface area (Å²) < 4.78 is 1.43. The van der Waals surface area contributed by atoms with Crippen LogP contribution in [0.5, 0.6) is 0 Å². The second-order valence-electron chi connectivity index (χ2n) is 3.61. The van der Waals surface area contributed by atoms with E-state index in [2.05, 4.69) is 5.10 Å². The van der Waals surface area contributed by atoms with E-state index in [1.165, 1.54) is 16.4 Å². The van der Waals surface area contributed by atoms with Gasteiger partial charge in [-0.2, -0.15) is 0 Å². The number of nitrogens with zero attached hydrogens (tertiary/aromatic N) is 1. The first-order valence-corrected chi connectivity index (χ1v) is 6.74. The third kappa shape index (κ3) is 3.22. The lowest BCUT2D eigenvalue weighted by atomic mass is 10.2. The van der Waals surface area contributed by atoms with Crippen molar-refractivity contribution in [1.82, 2.24) is 9.78 Å². The largest absolute Gasteiger partial charge is 0.289 e. The minimum atomic E-state index is -0.0552. The maximum absolute atomic E-state index is 11.2. The van der Waals surface area contributed by atoms with Crippen molar-refractivity contribution in [1.29, 1.82) is 0 Å². The van der Waals surface area contributed by atoms with Crippen molar-refractivity contribution >= 4 is 41.0 Å². The lowest BCUT2D eigenvalue weighted by Gasteiger charge is -1.97. The topological polar surface area (TPSA) is 37.8 Å². The number of rotatable bonds is 3. The van der Waals surface area contributed by atoms with E-state index in [1.807, 2.05) is 17.6 Å². The fraction of sp³-hybridized carbons (Fsp3) is 0.0833. The van der Waals surface area contributed by atoms with Crippen molar-refractivity contribution in [3.05, 3.63) is 55.6 Å². The number of benzene rings is 1. The van der Waals surface area contributed by atoms with E-state index in [1.54, 1.807) is 25.2 Å². The Kier molecular flexibility index (Phi) is 4.22. The van der Waals surface area contributed by atoms with E-state index in [0.717, 1.165) is 10.6 Å². The minimum Gasteiger partial charge on any atom is -0.289 e. The average molecular weight is 301 g/mol. The molecule has 0 aliphatic carbocycles. The Labute approximate surface area is 118 Å². The molecule has 0 radical (unpaired) electrons. The van der Waals surface area contributed by atoms with Crippen LogP contribution in [-0.2, 0) is 7.05 Å². The summed E-state index contributed by atoms with van der Waals surface area (Å²) in [5, 5.41) is 6.65. The first-order chi connectivity index (χ1) is 8.56. The molecular weight excluding hydrogens is 291 g/mol. The van der Waals surface area contributed by atoms with Crippen molar-refractivity contribution in [2.24, 2.45) is 7.05 Å². The van der Waals surface area contributed by atoms with Crippen LogP contribution in [0.4, 0.5) is 0 Å². The first kappa shape index (κ1) is 13.3. The van der Waals surface area contributed by atoms with Gasteiger partial charge in [-0.05, 0) is 29.2 Å². The molecule has 1 aromatic heterocycles. The molecule has 0 atom stereocenters. The lowest BCUT2D eigenvalue weighted by Crippen LogP contribution is -2.09. The fourth-order valence-corrected chi connectivity index (χ4v) is 2.36. The van der Waals surface area contributed by atoms with Crippen LogP contribution in [0.25, 0.3) is 6.08 Å². The van der Waals surface area contributed by atoms with Gasteiger partial charge in [0.1, 0.15) is 0 Å². The fourth-order valence-electron chi connectivity index (χ4n) is 1.32. The number of hydrogen-bond donors (Lipinski definition) is 1. The highest BCUT2D eigenvalue weighted by Crippen LogP contribution is 2.24. The van der Waals surface area contributed by atoms with Gasteiger partial charge in [0.25, 0.3) is 5.56 Å². The molecule has 94 valence electrons. The quantitative estimate of drug-likeness (QED) is 0.876. The van der Waals surface area contributed by atoms with Crippen molar-refractivity contribution in [3.8, 4) is 0 Å². The molecule has 0 amide bonds. The standard InChI is InChI=1S/C12H10Cl2N2OS/c1-16-12(17)7-11(15-16)18-5-4-8-2-3-9(13)10(14)6-8/h2-7,15H,1H3. The molecule has 18 heavy (non-hydrogen) atoms. The number of halogens is 2. The number of aromatic nitrogens is 2. The maximum Gasteiger partial charge on any atom is 0.267 e. The molecule has 0 fully saturated rings. The Bertz CT molecular complexity index is 646. The molecule has 0 unspecified atom stereocenters. The van der Waals surface area contributed by atoms with Gasteiger partial charge in [0.15, 0.2) is 0 Å². The third-order valence-corrected chi connectivity index (χ3v) is 3.74. The van der Waals surface area contributed by atoms with E-state index in [-0.39, 0.29) is 5.56 Å². The van der Waals surface area contributed by atoms with E-state index in [4.69, 9.17) is 23.2 Å². The number of aryl methyl sites for hydroxylation is 1. The summed E-state index contributed by atoms with van der Waals surface area (Å²) in [7, 11) is 1.68. The van der Waals surface area contributed by atoms with Crippen molar-refractivity contribution in [2.45, 2.75) is 5.03 Å². The van der Waals surface area contributed by atoms with Gasteiger partial charge in [-0.15, -0.1) is 0 Å². The van der Waals surface area contributed by atoms with Crippen molar-refractivity contribution in [3.63, 3.8) is 0 Å². The second kappa shape index (κ2) is 5.69. The molecule has 3 nitrogen and oxygen atoms in total. The molecule has 1 heterocycles. The molecule has 0 spiro atoms. The summed E-state index contributed by atoms with van der Waals surface area (Å²) in [6, 6.07) is 6.95. The molecule has 0 saturated heterocycles. The van der Waals surface area contributed by atoms with E-state index < -0.39 is 0 Å². The van der Waals surface area contributed by atoms with Gasteiger partial charge < -0.3 is 0 Å². The number of hydrogen-bond acceptors (Lipinski definition) is 2. The number of thioether (sulfide) groups is 1. The van der Waals surface area contributed by atoms with Gasteiger partial charge in [0.05, 0.1) is 15.1 Å². The van der Waals surface area contributed by atoms with Crippen LogP contribution in [0.3, 0.4) is 0 Å². The average Bonchev–Trinajstić information content (AvgIpc) is 2.63. The Morgan fingerprint density at radius 3 is 2.67 bits per heavy atom. The molecule has 0 aliphatic rings. The van der Waals surface area contributed by atoms with Gasteiger partial charge in [0.2, 0.25) is 0 Å². The van der Waals surface area contributed by atoms with Crippen LogP contribution in [0.15, 0.2) is 39.5 Å². The summed E-state index contributed by atoms with van der Waals surface area (Å²) in [4.78, 5) is 11.2. The monoisotopic (exact) mass is 300 g/mol. The first-order valence-electron chi connectivity index (χ1n) is 5.10. The molecule has 1 aromatic carbocycles. The van der Waals surface area contributed by atoms with Crippen LogP contribution >= 0.6 is 35.0 Å². The van der Waals surface area contributed by atoms with E-state index in [0.29, 0.717) is 10.0 Å². The molecule has 1 N–H and O–H groups in total. The van der Waals surface area contributed by atoms with Crippen LogP contribution in [0.1, 0.15) is 5.56 Å². The van der Waals surface area contributed by atoms with Crippen molar-refractivity contribution < 1.29 is 0 Å². The van der Waals surface area contributed by atoms with Crippen LogP contribution in [0, 0.1) is 0 Å². The Morgan fingerprint density at radius 1 is 1.28 bits per heavy atom. The molecule has 0 aliphatic heterocycles. The predicted molar refractivity (Wildman–Crippen MR) is 77.4 cm³/mol. The summed E-state index contributed by atoms with van der Waals surface area (Å²) in [5.41, 5.74) is 0.899. The third-order valence-electron chi connectivity index (χ3n) is 2.26. The zero-order valence-electron chi connectivity index (χ0n) is 9.48. The molecular formula is C12H10Cl2N2OS. The molecule has 2 rings (SSSR count). The van der Waals surface area contributed by atoms with Gasteiger partial charge >= 0.3 is 0 Å².